The second kappa shape index (κ2) is 4.99. The van der Waals surface area contributed by atoms with Crippen molar-refractivity contribution in [2.75, 3.05) is 18.9 Å². The highest BCUT2D eigenvalue weighted by Crippen LogP contribution is 2.42. The number of hydrogen-bond donors (Lipinski definition) is 1. The van der Waals surface area contributed by atoms with Gasteiger partial charge in [0, 0.05) is 17.5 Å². The average molecular weight is 282 g/mol. The van der Waals surface area contributed by atoms with Gasteiger partial charge in [-0.05, 0) is 12.1 Å². The summed E-state index contributed by atoms with van der Waals surface area (Å²) in [6.45, 7) is 0.907. The van der Waals surface area contributed by atoms with Gasteiger partial charge in [0.1, 0.15) is 0 Å². The van der Waals surface area contributed by atoms with Crippen molar-refractivity contribution in [1.29, 1.82) is 0 Å². The van der Waals surface area contributed by atoms with Gasteiger partial charge in [-0.15, -0.1) is 0 Å². The molecule has 0 unspecified atom stereocenters. The quantitative estimate of drug-likeness (QED) is 0.916. The molecule has 5 nitrogen and oxygen atoms in total. The lowest BCUT2D eigenvalue weighted by Crippen LogP contribution is -1.97. The summed E-state index contributed by atoms with van der Waals surface area (Å²) in [4.78, 5) is 0. The van der Waals surface area contributed by atoms with Gasteiger partial charge in [-0.2, -0.15) is 0 Å². The monoisotopic (exact) mass is 282 g/mol. The molecule has 2 heterocycles. The summed E-state index contributed by atoms with van der Waals surface area (Å²) in [7, 11) is 0. The normalized spacial score (nSPS) is 14.3. The Labute approximate surface area is 113 Å². The van der Waals surface area contributed by atoms with Crippen molar-refractivity contribution in [3.63, 3.8) is 0 Å². The molecule has 0 fully saturated rings. The molecule has 7 heteroatoms. The predicted molar refractivity (Wildman–Crippen MR) is 66.9 cm³/mol. The molecule has 1 aromatic carbocycles. The molecule has 0 saturated carbocycles. The number of alkyl halides is 2. The maximum atomic E-state index is 13.2. The third kappa shape index (κ3) is 2.15. The van der Waals surface area contributed by atoms with E-state index in [4.69, 9.17) is 19.7 Å². The number of nitrogens with two attached hydrogens (primary N) is 1. The average Bonchev–Trinajstić information content (AvgIpc) is 2.72. The third-order valence-electron chi connectivity index (χ3n) is 3.04. The van der Waals surface area contributed by atoms with Gasteiger partial charge in [0.2, 0.25) is 5.88 Å². The van der Waals surface area contributed by atoms with Crippen LogP contribution in [0.25, 0.3) is 11.1 Å². The van der Waals surface area contributed by atoms with Gasteiger partial charge < -0.3 is 19.7 Å². The molecule has 1 aliphatic heterocycles. The van der Waals surface area contributed by atoms with Gasteiger partial charge in [-0.1, -0.05) is 5.16 Å². The Morgan fingerprint density at radius 3 is 2.40 bits per heavy atom. The van der Waals surface area contributed by atoms with E-state index in [0.29, 0.717) is 36.7 Å². The first-order valence-corrected chi connectivity index (χ1v) is 6.09. The first-order valence-electron chi connectivity index (χ1n) is 6.09. The van der Waals surface area contributed by atoms with Crippen LogP contribution in [0.3, 0.4) is 0 Å². The van der Waals surface area contributed by atoms with E-state index in [0.717, 1.165) is 0 Å². The molecule has 0 aliphatic carbocycles. The molecule has 1 aliphatic rings. The van der Waals surface area contributed by atoms with E-state index in [1.165, 1.54) is 18.3 Å². The summed E-state index contributed by atoms with van der Waals surface area (Å²) in [6.07, 6.45) is -0.666. The Kier molecular flexibility index (Phi) is 3.17. The van der Waals surface area contributed by atoms with Crippen molar-refractivity contribution in [2.45, 2.75) is 12.8 Å². The molecule has 0 bridgehead atoms. The number of nitrogen functional groups attached to an aromatic ring is 1. The van der Waals surface area contributed by atoms with Crippen LogP contribution in [-0.4, -0.2) is 18.4 Å². The summed E-state index contributed by atoms with van der Waals surface area (Å²) in [5.41, 5.74) is 5.97. The fourth-order valence-corrected chi connectivity index (χ4v) is 2.09. The van der Waals surface area contributed by atoms with Crippen LogP contribution < -0.4 is 15.2 Å². The summed E-state index contributed by atoms with van der Waals surface area (Å²) in [5.74, 6) is 0.723. The molecule has 106 valence electrons. The number of fused-ring (bicyclic) bond motifs is 1. The van der Waals surface area contributed by atoms with Crippen molar-refractivity contribution < 1.29 is 22.8 Å². The molecule has 2 aromatic rings. The van der Waals surface area contributed by atoms with Gasteiger partial charge >= 0.3 is 0 Å². The minimum Gasteiger partial charge on any atom is -0.490 e. The molecule has 0 radical (unpaired) electrons. The zero-order valence-electron chi connectivity index (χ0n) is 10.4. The predicted octanol–water partition coefficient (Wildman–Crippen LogP) is 3.02. The smallest absolute Gasteiger partial charge is 0.264 e. The zero-order chi connectivity index (χ0) is 14.1. The van der Waals surface area contributed by atoms with E-state index in [1.807, 2.05) is 0 Å². The van der Waals surface area contributed by atoms with Crippen molar-refractivity contribution in [3.8, 4) is 22.6 Å². The van der Waals surface area contributed by atoms with Crippen LogP contribution in [0.15, 0.2) is 22.9 Å². The molecule has 0 amide bonds. The Morgan fingerprint density at radius 1 is 1.10 bits per heavy atom. The number of hydrogen-bond acceptors (Lipinski definition) is 5. The summed E-state index contributed by atoms with van der Waals surface area (Å²) < 4.78 is 42.1. The minimum atomic E-state index is -2.67. The lowest BCUT2D eigenvalue weighted by Gasteiger charge is -2.13. The Balaban J connectivity index is 2.17. The minimum absolute atomic E-state index is 0.0126. The number of anilines is 1. The standard InChI is InChI=1S/C13H12F2N2O3/c14-12(15)8-5-11-10(18-2-1-3-19-11)4-7(8)9-6-17-20-13(9)16/h4-6,12H,1-3,16H2. The number of aromatic nitrogens is 1. The van der Waals surface area contributed by atoms with Crippen LogP contribution in [-0.2, 0) is 0 Å². The van der Waals surface area contributed by atoms with Crippen molar-refractivity contribution in [1.82, 2.24) is 5.16 Å². The third-order valence-corrected chi connectivity index (χ3v) is 3.04. The molecule has 0 spiro atoms. The number of rotatable bonds is 2. The van der Waals surface area contributed by atoms with E-state index >= 15 is 0 Å². The lowest BCUT2D eigenvalue weighted by atomic mass is 10.0. The summed E-state index contributed by atoms with van der Waals surface area (Å²) in [5, 5.41) is 3.51. The van der Waals surface area contributed by atoms with Gasteiger partial charge in [0.05, 0.1) is 25.0 Å². The number of ether oxygens (including phenoxy) is 2. The summed E-state index contributed by atoms with van der Waals surface area (Å²) >= 11 is 0. The summed E-state index contributed by atoms with van der Waals surface area (Å²) in [6, 6.07) is 2.78. The molecule has 1 aromatic heterocycles. The van der Waals surface area contributed by atoms with Gasteiger partial charge in [0.25, 0.3) is 6.43 Å². The van der Waals surface area contributed by atoms with E-state index < -0.39 is 6.43 Å². The van der Waals surface area contributed by atoms with Gasteiger partial charge in [0.15, 0.2) is 11.5 Å². The molecular weight excluding hydrogens is 270 g/mol. The van der Waals surface area contributed by atoms with Crippen molar-refractivity contribution >= 4 is 5.88 Å². The molecule has 0 saturated heterocycles. The van der Waals surface area contributed by atoms with E-state index in [1.54, 1.807) is 0 Å². The fraction of sp³-hybridized carbons (Fsp3) is 0.308. The van der Waals surface area contributed by atoms with E-state index in [2.05, 4.69) is 5.16 Å². The zero-order valence-corrected chi connectivity index (χ0v) is 10.4. The van der Waals surface area contributed by atoms with Crippen LogP contribution in [0.4, 0.5) is 14.7 Å². The molecular formula is C13H12F2N2O3. The Hall–Kier alpha value is -2.31. The maximum Gasteiger partial charge on any atom is 0.264 e. The molecule has 2 N–H and O–H groups in total. The largest absolute Gasteiger partial charge is 0.490 e. The second-order valence-electron chi connectivity index (χ2n) is 4.34. The highest BCUT2D eigenvalue weighted by Gasteiger charge is 2.23. The van der Waals surface area contributed by atoms with Crippen molar-refractivity contribution in [3.05, 3.63) is 23.9 Å². The molecule has 3 rings (SSSR count). The Bertz CT molecular complexity index is 628. The first kappa shape index (κ1) is 12.7. The SMILES string of the molecule is Nc1oncc1-c1cc2c(cc1C(F)F)OCCCO2. The Morgan fingerprint density at radius 2 is 1.80 bits per heavy atom. The van der Waals surface area contributed by atoms with Gasteiger partial charge in [-0.3, -0.25) is 0 Å². The van der Waals surface area contributed by atoms with Crippen LogP contribution >= 0.6 is 0 Å². The van der Waals surface area contributed by atoms with Crippen LogP contribution in [0, 0.1) is 0 Å². The van der Waals surface area contributed by atoms with E-state index in [-0.39, 0.29) is 17.0 Å². The molecule has 20 heavy (non-hydrogen) atoms. The number of benzene rings is 1. The van der Waals surface area contributed by atoms with Crippen LogP contribution in [0.5, 0.6) is 11.5 Å². The number of nitrogens with zero attached hydrogens (tertiary/aromatic N) is 1. The molecule has 0 atom stereocenters. The number of halogens is 2. The van der Waals surface area contributed by atoms with Crippen molar-refractivity contribution in [2.24, 2.45) is 0 Å². The first-order chi connectivity index (χ1) is 9.66. The second-order valence-corrected chi connectivity index (χ2v) is 4.34. The fourth-order valence-electron chi connectivity index (χ4n) is 2.09. The topological polar surface area (TPSA) is 70.5 Å². The van der Waals surface area contributed by atoms with Crippen LogP contribution in [0.2, 0.25) is 0 Å². The highest BCUT2D eigenvalue weighted by atomic mass is 19.3. The lowest BCUT2D eigenvalue weighted by molar-refractivity contribution is 0.151. The van der Waals surface area contributed by atoms with Gasteiger partial charge in [-0.25, -0.2) is 8.78 Å². The maximum absolute atomic E-state index is 13.2. The van der Waals surface area contributed by atoms with E-state index in [9.17, 15) is 8.78 Å². The highest BCUT2D eigenvalue weighted by molar-refractivity contribution is 5.77. The van der Waals surface area contributed by atoms with Crippen LogP contribution in [0.1, 0.15) is 18.4 Å².